The summed E-state index contributed by atoms with van der Waals surface area (Å²) < 4.78 is 0. The Morgan fingerprint density at radius 1 is 1.16 bits per heavy atom. The minimum absolute atomic E-state index is 0.0434. The molecule has 2 N–H and O–H groups in total. The van der Waals surface area contributed by atoms with E-state index in [4.69, 9.17) is 0 Å². The molecule has 0 radical (unpaired) electrons. The maximum atomic E-state index is 12.7. The van der Waals surface area contributed by atoms with E-state index in [1.807, 2.05) is 4.90 Å². The van der Waals surface area contributed by atoms with Crippen LogP contribution < -0.4 is 10.6 Å². The average molecular weight is 350 g/mol. The molecule has 0 aromatic carbocycles. The summed E-state index contributed by atoms with van der Waals surface area (Å²) in [5.74, 6) is 0.734. The van der Waals surface area contributed by atoms with Gasteiger partial charge in [0.1, 0.15) is 6.04 Å². The first-order chi connectivity index (χ1) is 11.7. The molecule has 25 heavy (non-hydrogen) atoms. The van der Waals surface area contributed by atoms with Crippen molar-refractivity contribution in [2.24, 2.45) is 16.7 Å². The van der Waals surface area contributed by atoms with E-state index in [0.29, 0.717) is 5.92 Å². The normalized spacial score (nSPS) is 37.6. The van der Waals surface area contributed by atoms with Crippen LogP contribution in [0.25, 0.3) is 0 Å². The molecular formula is C20H35N3O2. The highest BCUT2D eigenvalue weighted by Gasteiger charge is 2.61. The second-order valence-electron chi connectivity index (χ2n) is 9.38. The van der Waals surface area contributed by atoms with E-state index in [-0.39, 0.29) is 34.9 Å². The van der Waals surface area contributed by atoms with Crippen molar-refractivity contribution in [2.45, 2.75) is 91.3 Å². The summed E-state index contributed by atoms with van der Waals surface area (Å²) >= 11 is 0. The summed E-state index contributed by atoms with van der Waals surface area (Å²) in [7, 11) is 0. The van der Waals surface area contributed by atoms with Crippen molar-refractivity contribution in [2.75, 3.05) is 6.54 Å². The van der Waals surface area contributed by atoms with Gasteiger partial charge in [-0.15, -0.1) is 0 Å². The zero-order valence-electron chi connectivity index (χ0n) is 16.5. The molecule has 3 rings (SSSR count). The zero-order chi connectivity index (χ0) is 18.4. The largest absolute Gasteiger partial charge is 0.338 e. The average Bonchev–Trinajstić information content (AvgIpc) is 2.88. The molecular weight excluding hydrogens is 314 g/mol. The molecule has 3 aliphatic rings. The molecule has 3 amide bonds. The summed E-state index contributed by atoms with van der Waals surface area (Å²) in [6.45, 7) is 11.7. The molecule has 2 aliphatic carbocycles. The summed E-state index contributed by atoms with van der Waals surface area (Å²) in [4.78, 5) is 27.1. The Balaban J connectivity index is 1.55. The molecule has 5 nitrogen and oxygen atoms in total. The first-order valence-electron chi connectivity index (χ1n) is 10.0. The van der Waals surface area contributed by atoms with Crippen molar-refractivity contribution < 1.29 is 9.59 Å². The Morgan fingerprint density at radius 3 is 2.44 bits per heavy atom. The van der Waals surface area contributed by atoms with Crippen molar-refractivity contribution in [3.63, 3.8) is 0 Å². The second kappa shape index (κ2) is 6.48. The van der Waals surface area contributed by atoms with Gasteiger partial charge in [-0.1, -0.05) is 20.8 Å². The van der Waals surface area contributed by atoms with E-state index in [2.05, 4.69) is 38.3 Å². The van der Waals surface area contributed by atoms with E-state index >= 15 is 0 Å². The SMILES string of the molecule is C[C@H](NC(=O)N[C@H]1C[C@H]2CC[C@@]1(C)C2(C)C)C(=O)N1CCCC[C@@H]1C. The molecule has 5 heteroatoms. The molecule has 3 fully saturated rings. The van der Waals surface area contributed by atoms with E-state index < -0.39 is 6.04 Å². The van der Waals surface area contributed by atoms with Crippen LogP contribution in [0.4, 0.5) is 4.79 Å². The van der Waals surface area contributed by atoms with Crippen LogP contribution in [0.15, 0.2) is 0 Å². The monoisotopic (exact) mass is 349 g/mol. The Morgan fingerprint density at radius 2 is 1.88 bits per heavy atom. The lowest BCUT2D eigenvalue weighted by Gasteiger charge is -2.39. The van der Waals surface area contributed by atoms with Crippen molar-refractivity contribution in [1.29, 1.82) is 0 Å². The predicted octanol–water partition coefficient (Wildman–Crippen LogP) is 3.29. The summed E-state index contributed by atoms with van der Waals surface area (Å²) in [6.07, 6.45) is 6.81. The van der Waals surface area contributed by atoms with Gasteiger partial charge in [-0.25, -0.2) is 4.79 Å². The zero-order valence-corrected chi connectivity index (χ0v) is 16.5. The van der Waals surface area contributed by atoms with E-state index in [9.17, 15) is 9.59 Å². The number of nitrogens with one attached hydrogen (secondary N) is 2. The van der Waals surface area contributed by atoms with Gasteiger partial charge in [0.25, 0.3) is 0 Å². The molecule has 1 aliphatic heterocycles. The first-order valence-corrected chi connectivity index (χ1v) is 10.0. The number of fused-ring (bicyclic) bond motifs is 2. The smallest absolute Gasteiger partial charge is 0.315 e. The number of hydrogen-bond donors (Lipinski definition) is 2. The molecule has 2 bridgehead atoms. The molecule has 2 saturated carbocycles. The second-order valence-corrected chi connectivity index (χ2v) is 9.38. The maximum absolute atomic E-state index is 12.7. The van der Waals surface area contributed by atoms with Gasteiger partial charge in [-0.05, 0) is 69.1 Å². The first kappa shape index (κ1) is 18.5. The minimum Gasteiger partial charge on any atom is -0.338 e. The van der Waals surface area contributed by atoms with Gasteiger partial charge in [-0.3, -0.25) is 4.79 Å². The molecule has 0 aromatic rings. The van der Waals surface area contributed by atoms with Crippen LogP contribution in [0.3, 0.4) is 0 Å². The molecule has 1 saturated heterocycles. The number of amides is 3. The number of piperidine rings is 1. The molecule has 5 atom stereocenters. The third-order valence-corrected chi connectivity index (χ3v) is 7.90. The summed E-state index contributed by atoms with van der Waals surface area (Å²) in [6, 6.07) is -0.184. The van der Waals surface area contributed by atoms with E-state index in [1.54, 1.807) is 6.92 Å². The van der Waals surface area contributed by atoms with E-state index in [0.717, 1.165) is 25.8 Å². The fourth-order valence-corrected chi connectivity index (χ4v) is 5.55. The fraction of sp³-hybridized carbons (Fsp3) is 0.900. The molecule has 1 heterocycles. The van der Waals surface area contributed by atoms with Gasteiger partial charge in [0.2, 0.25) is 5.91 Å². The number of carbonyl (C=O) groups excluding carboxylic acids is 2. The van der Waals surface area contributed by atoms with Gasteiger partial charge in [-0.2, -0.15) is 0 Å². The quantitative estimate of drug-likeness (QED) is 0.821. The lowest BCUT2D eigenvalue weighted by molar-refractivity contribution is -0.136. The number of urea groups is 1. The van der Waals surface area contributed by atoms with Gasteiger partial charge >= 0.3 is 6.03 Å². The number of rotatable bonds is 3. The topological polar surface area (TPSA) is 61.4 Å². The number of hydrogen-bond acceptors (Lipinski definition) is 2. The van der Waals surface area contributed by atoms with Crippen LogP contribution in [-0.2, 0) is 4.79 Å². The lowest BCUT2D eigenvalue weighted by Crippen LogP contribution is -2.56. The minimum atomic E-state index is -0.472. The molecule has 0 unspecified atom stereocenters. The fourth-order valence-electron chi connectivity index (χ4n) is 5.55. The van der Waals surface area contributed by atoms with Crippen LogP contribution in [-0.4, -0.2) is 41.5 Å². The van der Waals surface area contributed by atoms with Gasteiger partial charge in [0.05, 0.1) is 0 Å². The van der Waals surface area contributed by atoms with E-state index in [1.165, 1.54) is 19.3 Å². The number of likely N-dealkylation sites (tertiary alicyclic amines) is 1. The predicted molar refractivity (Wildman–Crippen MR) is 99.2 cm³/mol. The van der Waals surface area contributed by atoms with Crippen molar-refractivity contribution >= 4 is 11.9 Å². The van der Waals surface area contributed by atoms with Crippen LogP contribution >= 0.6 is 0 Å². The Bertz CT molecular complexity index is 547. The van der Waals surface area contributed by atoms with Crippen molar-refractivity contribution in [1.82, 2.24) is 15.5 Å². The summed E-state index contributed by atoms with van der Waals surface area (Å²) in [5, 5.41) is 6.07. The Hall–Kier alpha value is -1.26. The van der Waals surface area contributed by atoms with Crippen molar-refractivity contribution in [3.8, 4) is 0 Å². The number of nitrogens with zero attached hydrogens (tertiary/aromatic N) is 1. The summed E-state index contributed by atoms with van der Waals surface area (Å²) in [5.41, 5.74) is 0.430. The van der Waals surface area contributed by atoms with Crippen LogP contribution in [0.1, 0.15) is 73.1 Å². The third kappa shape index (κ3) is 3.04. The highest BCUT2D eigenvalue weighted by Crippen LogP contribution is 2.65. The molecule has 0 spiro atoms. The van der Waals surface area contributed by atoms with Gasteiger partial charge in [0.15, 0.2) is 0 Å². The van der Waals surface area contributed by atoms with Gasteiger partial charge in [0, 0.05) is 18.6 Å². The highest BCUT2D eigenvalue weighted by atomic mass is 16.2. The van der Waals surface area contributed by atoms with Crippen molar-refractivity contribution in [3.05, 3.63) is 0 Å². The Labute approximate surface area is 152 Å². The lowest BCUT2D eigenvalue weighted by atomic mass is 9.69. The Kier molecular flexibility index (Phi) is 4.80. The number of carbonyl (C=O) groups is 2. The van der Waals surface area contributed by atoms with Crippen LogP contribution in [0.2, 0.25) is 0 Å². The van der Waals surface area contributed by atoms with Crippen LogP contribution in [0.5, 0.6) is 0 Å². The van der Waals surface area contributed by atoms with Crippen LogP contribution in [0, 0.1) is 16.7 Å². The standard InChI is InChI=1S/C20H35N3O2/c1-13-8-6-7-11-23(13)17(24)14(2)21-18(25)22-16-12-15-9-10-20(16,5)19(15,3)4/h13-16H,6-12H2,1-5H3,(H2,21,22,25)/t13-,14-,15+,16-,20+/m0/s1. The maximum Gasteiger partial charge on any atom is 0.315 e. The molecule has 142 valence electrons. The third-order valence-electron chi connectivity index (χ3n) is 7.90. The van der Waals surface area contributed by atoms with Gasteiger partial charge < -0.3 is 15.5 Å². The molecule has 0 aromatic heterocycles. The highest BCUT2D eigenvalue weighted by molar-refractivity contribution is 5.87.